The molecule has 0 aliphatic carbocycles. The summed E-state index contributed by atoms with van der Waals surface area (Å²) in [6.07, 6.45) is 0.650. The number of ether oxygens (including phenoxy) is 1. The second-order valence-electron chi connectivity index (χ2n) is 5.14. The summed E-state index contributed by atoms with van der Waals surface area (Å²) in [5, 5.41) is 3.33. The third kappa shape index (κ3) is 6.39. The Bertz CT molecular complexity index is 498. The summed E-state index contributed by atoms with van der Waals surface area (Å²) in [5.74, 6) is 1.06. The maximum atomic E-state index is 11.6. The maximum Gasteiger partial charge on any atom is 0.153 e. The first kappa shape index (κ1) is 17.0. The number of benzene rings is 1. The Morgan fingerprint density at radius 3 is 2.55 bits per heavy atom. The Balaban J connectivity index is 2.55. The lowest BCUT2D eigenvalue weighted by atomic mass is 10.2. The van der Waals surface area contributed by atoms with Gasteiger partial charge in [0.2, 0.25) is 0 Å². The summed E-state index contributed by atoms with van der Waals surface area (Å²) < 4.78 is 28.9. The number of hydrogen-bond acceptors (Lipinski definition) is 4. The van der Waals surface area contributed by atoms with Gasteiger partial charge >= 0.3 is 0 Å². The lowest BCUT2D eigenvalue weighted by Crippen LogP contribution is -2.22. The Morgan fingerprint density at radius 1 is 1.20 bits per heavy atom. The fourth-order valence-electron chi connectivity index (χ4n) is 1.80. The van der Waals surface area contributed by atoms with E-state index in [9.17, 15) is 8.42 Å². The van der Waals surface area contributed by atoms with Gasteiger partial charge in [0.15, 0.2) is 9.84 Å². The molecule has 0 aliphatic heterocycles. The molecule has 0 radical (unpaired) electrons. The highest BCUT2D eigenvalue weighted by Gasteiger charge is 2.10. The molecule has 20 heavy (non-hydrogen) atoms. The highest BCUT2D eigenvalue weighted by molar-refractivity contribution is 7.91. The van der Waals surface area contributed by atoms with Crippen molar-refractivity contribution in [3.8, 4) is 5.75 Å². The van der Waals surface area contributed by atoms with Gasteiger partial charge in [-0.1, -0.05) is 39.0 Å². The minimum atomic E-state index is -2.98. The second kappa shape index (κ2) is 8.27. The van der Waals surface area contributed by atoms with Crippen molar-refractivity contribution in [2.45, 2.75) is 39.8 Å². The summed E-state index contributed by atoms with van der Waals surface area (Å²) in [5.41, 5.74) is 1.05. The number of para-hydroxylation sites is 1. The van der Waals surface area contributed by atoms with Gasteiger partial charge in [-0.3, -0.25) is 0 Å². The van der Waals surface area contributed by atoms with Crippen LogP contribution in [0.4, 0.5) is 0 Å². The van der Waals surface area contributed by atoms with E-state index in [1.54, 1.807) is 0 Å². The molecule has 5 heteroatoms. The van der Waals surface area contributed by atoms with E-state index in [-0.39, 0.29) is 18.1 Å². The predicted octanol–water partition coefficient (Wildman–Crippen LogP) is 2.39. The van der Waals surface area contributed by atoms with Gasteiger partial charge in [-0.2, -0.15) is 0 Å². The smallest absolute Gasteiger partial charge is 0.153 e. The van der Waals surface area contributed by atoms with Crippen LogP contribution in [0.5, 0.6) is 5.75 Å². The normalized spacial score (nSPS) is 11.8. The molecule has 0 unspecified atom stereocenters. The number of rotatable bonds is 9. The SMILES string of the molecule is CCCS(=O)(=O)CCOc1ccccc1CNC(C)C. The van der Waals surface area contributed by atoms with Gasteiger partial charge < -0.3 is 10.1 Å². The minimum Gasteiger partial charge on any atom is -0.492 e. The topological polar surface area (TPSA) is 55.4 Å². The molecule has 1 aromatic carbocycles. The first-order chi connectivity index (χ1) is 9.44. The van der Waals surface area contributed by atoms with E-state index in [0.717, 1.165) is 17.9 Å². The summed E-state index contributed by atoms with van der Waals surface area (Å²) >= 11 is 0. The average Bonchev–Trinajstić information content (AvgIpc) is 2.37. The van der Waals surface area contributed by atoms with Crippen LogP contribution in [0.25, 0.3) is 0 Å². The third-order valence-corrected chi connectivity index (χ3v) is 4.66. The van der Waals surface area contributed by atoms with Crippen LogP contribution in [-0.4, -0.2) is 32.6 Å². The molecule has 0 bridgehead atoms. The molecule has 0 heterocycles. The van der Waals surface area contributed by atoms with E-state index < -0.39 is 9.84 Å². The van der Waals surface area contributed by atoms with Gasteiger partial charge in [0.1, 0.15) is 12.4 Å². The van der Waals surface area contributed by atoms with Crippen molar-refractivity contribution >= 4 is 9.84 Å². The fraction of sp³-hybridized carbons (Fsp3) is 0.600. The van der Waals surface area contributed by atoms with Gasteiger partial charge in [-0.25, -0.2) is 8.42 Å². The highest BCUT2D eigenvalue weighted by Crippen LogP contribution is 2.18. The molecule has 1 N–H and O–H groups in total. The zero-order chi connectivity index (χ0) is 15.0. The molecule has 0 spiro atoms. The first-order valence-corrected chi connectivity index (χ1v) is 8.91. The van der Waals surface area contributed by atoms with Gasteiger partial charge in [0.05, 0.1) is 11.5 Å². The van der Waals surface area contributed by atoms with E-state index in [1.807, 2.05) is 31.2 Å². The summed E-state index contributed by atoms with van der Waals surface area (Å²) in [6.45, 7) is 6.96. The van der Waals surface area contributed by atoms with Crippen LogP contribution in [-0.2, 0) is 16.4 Å². The van der Waals surface area contributed by atoms with Crippen molar-refractivity contribution in [2.24, 2.45) is 0 Å². The lowest BCUT2D eigenvalue weighted by Gasteiger charge is -2.13. The first-order valence-electron chi connectivity index (χ1n) is 7.09. The van der Waals surface area contributed by atoms with E-state index >= 15 is 0 Å². The van der Waals surface area contributed by atoms with Crippen LogP contribution >= 0.6 is 0 Å². The van der Waals surface area contributed by atoms with E-state index in [0.29, 0.717) is 12.5 Å². The van der Waals surface area contributed by atoms with Crippen LogP contribution in [0.1, 0.15) is 32.8 Å². The maximum absolute atomic E-state index is 11.6. The molecular weight excluding hydrogens is 274 g/mol. The zero-order valence-corrected chi connectivity index (χ0v) is 13.4. The molecule has 0 aliphatic rings. The summed E-state index contributed by atoms with van der Waals surface area (Å²) in [7, 11) is -2.98. The molecule has 1 aromatic rings. The molecular formula is C15H25NO3S. The predicted molar refractivity (Wildman–Crippen MR) is 82.9 cm³/mol. The van der Waals surface area contributed by atoms with Gasteiger partial charge in [-0.05, 0) is 12.5 Å². The molecule has 0 atom stereocenters. The van der Waals surface area contributed by atoms with Crippen molar-refractivity contribution in [3.63, 3.8) is 0 Å². The standard InChI is InChI=1S/C15H25NO3S/c1-4-10-20(17,18)11-9-19-15-8-6-5-7-14(15)12-16-13(2)3/h5-8,13,16H,4,9-12H2,1-3H3. The fourth-order valence-corrected chi connectivity index (χ4v) is 2.96. The highest BCUT2D eigenvalue weighted by atomic mass is 32.2. The largest absolute Gasteiger partial charge is 0.492 e. The van der Waals surface area contributed by atoms with Crippen molar-refractivity contribution in [1.29, 1.82) is 0 Å². The van der Waals surface area contributed by atoms with Crippen LogP contribution in [0, 0.1) is 0 Å². The molecule has 0 saturated heterocycles. The molecule has 0 aromatic heterocycles. The molecule has 0 saturated carbocycles. The van der Waals surface area contributed by atoms with Crippen molar-refractivity contribution in [1.82, 2.24) is 5.32 Å². The zero-order valence-electron chi connectivity index (χ0n) is 12.6. The van der Waals surface area contributed by atoms with Gasteiger partial charge in [0, 0.05) is 18.2 Å². The van der Waals surface area contributed by atoms with Crippen molar-refractivity contribution in [2.75, 3.05) is 18.1 Å². The van der Waals surface area contributed by atoms with E-state index in [2.05, 4.69) is 19.2 Å². The second-order valence-corrected chi connectivity index (χ2v) is 7.45. The number of hydrogen-bond donors (Lipinski definition) is 1. The van der Waals surface area contributed by atoms with Crippen LogP contribution < -0.4 is 10.1 Å². The molecule has 4 nitrogen and oxygen atoms in total. The molecule has 0 fully saturated rings. The average molecular weight is 299 g/mol. The summed E-state index contributed by atoms with van der Waals surface area (Å²) in [6, 6.07) is 8.12. The van der Waals surface area contributed by atoms with Crippen LogP contribution in [0.3, 0.4) is 0 Å². The van der Waals surface area contributed by atoms with E-state index in [1.165, 1.54) is 0 Å². The molecule has 0 amide bonds. The van der Waals surface area contributed by atoms with Crippen molar-refractivity contribution < 1.29 is 13.2 Å². The lowest BCUT2D eigenvalue weighted by molar-refractivity contribution is 0.335. The molecule has 1 rings (SSSR count). The van der Waals surface area contributed by atoms with Crippen LogP contribution in [0.2, 0.25) is 0 Å². The monoisotopic (exact) mass is 299 g/mol. The number of nitrogens with one attached hydrogen (secondary N) is 1. The van der Waals surface area contributed by atoms with E-state index in [4.69, 9.17) is 4.74 Å². The summed E-state index contributed by atoms with van der Waals surface area (Å²) in [4.78, 5) is 0. The quantitative estimate of drug-likeness (QED) is 0.760. The van der Waals surface area contributed by atoms with Gasteiger partial charge in [0.25, 0.3) is 0 Å². The third-order valence-electron chi connectivity index (χ3n) is 2.84. The Morgan fingerprint density at radius 2 is 1.90 bits per heavy atom. The Hall–Kier alpha value is -1.07. The Labute approximate surface area is 122 Å². The number of sulfone groups is 1. The van der Waals surface area contributed by atoms with Crippen LogP contribution in [0.15, 0.2) is 24.3 Å². The molecule has 114 valence electrons. The Kier molecular flexibility index (Phi) is 7.02. The minimum absolute atomic E-state index is 0.0762. The van der Waals surface area contributed by atoms with Gasteiger partial charge in [-0.15, -0.1) is 0 Å². The van der Waals surface area contributed by atoms with Crippen molar-refractivity contribution in [3.05, 3.63) is 29.8 Å².